The standard InChI is InChI=1S/C10H7FN2O2/c11-8-1-3-9(4-2-8)12-6-5-10(7-12)13(14)15/h1-7H. The van der Waals surface area contributed by atoms with Crippen molar-refractivity contribution >= 4 is 5.69 Å². The summed E-state index contributed by atoms with van der Waals surface area (Å²) in [5, 5.41) is 10.4. The van der Waals surface area contributed by atoms with Gasteiger partial charge >= 0.3 is 0 Å². The minimum atomic E-state index is -0.472. The number of aromatic nitrogens is 1. The minimum absolute atomic E-state index is 0.0133. The molecule has 0 aliphatic carbocycles. The van der Waals surface area contributed by atoms with Gasteiger partial charge in [-0.05, 0) is 24.3 Å². The third-order valence-corrected chi connectivity index (χ3v) is 2.01. The highest BCUT2D eigenvalue weighted by Crippen LogP contribution is 2.16. The Labute approximate surface area is 84.7 Å². The van der Waals surface area contributed by atoms with Crippen molar-refractivity contribution in [2.45, 2.75) is 0 Å². The minimum Gasteiger partial charge on any atom is -0.317 e. The molecule has 0 aliphatic heterocycles. The summed E-state index contributed by atoms with van der Waals surface area (Å²) in [6.07, 6.45) is 2.94. The van der Waals surface area contributed by atoms with Crippen molar-refractivity contribution in [3.63, 3.8) is 0 Å². The molecule has 0 aliphatic rings. The molecule has 0 fully saturated rings. The van der Waals surface area contributed by atoms with Crippen LogP contribution < -0.4 is 0 Å². The molecule has 4 nitrogen and oxygen atoms in total. The molecule has 0 amide bonds. The molecule has 0 saturated heterocycles. The number of halogens is 1. The Bertz CT molecular complexity index is 490. The van der Waals surface area contributed by atoms with Gasteiger partial charge < -0.3 is 4.57 Å². The average Bonchev–Trinajstić information content (AvgIpc) is 2.68. The molecule has 0 atom stereocenters. The highest BCUT2D eigenvalue weighted by atomic mass is 19.1. The van der Waals surface area contributed by atoms with E-state index in [9.17, 15) is 14.5 Å². The zero-order valence-electron chi connectivity index (χ0n) is 7.63. The Morgan fingerprint density at radius 3 is 2.40 bits per heavy atom. The number of nitro groups is 1. The number of nitrogens with zero attached hydrogens (tertiary/aromatic N) is 2. The van der Waals surface area contributed by atoms with Crippen LogP contribution in [0.15, 0.2) is 42.7 Å². The van der Waals surface area contributed by atoms with Crippen LogP contribution in [0.1, 0.15) is 0 Å². The smallest absolute Gasteiger partial charge is 0.287 e. The second-order valence-corrected chi connectivity index (χ2v) is 3.01. The fourth-order valence-corrected chi connectivity index (χ4v) is 1.27. The molecule has 0 unspecified atom stereocenters. The molecule has 0 saturated carbocycles. The summed E-state index contributed by atoms with van der Waals surface area (Å²) < 4.78 is 14.2. The van der Waals surface area contributed by atoms with Gasteiger partial charge in [0.2, 0.25) is 0 Å². The second-order valence-electron chi connectivity index (χ2n) is 3.01. The van der Waals surface area contributed by atoms with Gasteiger partial charge in [-0.3, -0.25) is 10.1 Å². The Balaban J connectivity index is 2.37. The van der Waals surface area contributed by atoms with Gasteiger partial charge in [0.25, 0.3) is 5.69 Å². The molecule has 0 radical (unpaired) electrons. The maximum absolute atomic E-state index is 12.6. The topological polar surface area (TPSA) is 48.1 Å². The summed E-state index contributed by atoms with van der Waals surface area (Å²) in [5.41, 5.74) is 0.698. The first kappa shape index (κ1) is 9.39. The van der Waals surface area contributed by atoms with Gasteiger partial charge in [0.15, 0.2) is 0 Å². The zero-order chi connectivity index (χ0) is 10.8. The first-order chi connectivity index (χ1) is 7.16. The van der Waals surface area contributed by atoms with Crippen molar-refractivity contribution in [2.75, 3.05) is 0 Å². The van der Waals surface area contributed by atoms with Crippen molar-refractivity contribution in [1.29, 1.82) is 0 Å². The Hall–Kier alpha value is -2.17. The van der Waals surface area contributed by atoms with E-state index in [0.29, 0.717) is 5.69 Å². The summed E-state index contributed by atoms with van der Waals surface area (Å²) >= 11 is 0. The van der Waals surface area contributed by atoms with Crippen molar-refractivity contribution < 1.29 is 9.31 Å². The largest absolute Gasteiger partial charge is 0.317 e. The predicted octanol–water partition coefficient (Wildman–Crippen LogP) is 2.52. The predicted molar refractivity (Wildman–Crippen MR) is 52.4 cm³/mol. The summed E-state index contributed by atoms with van der Waals surface area (Å²) in [7, 11) is 0. The van der Waals surface area contributed by atoms with Crippen LogP contribution >= 0.6 is 0 Å². The number of hydrogen-bond donors (Lipinski definition) is 0. The lowest BCUT2D eigenvalue weighted by Gasteiger charge is -2.00. The van der Waals surface area contributed by atoms with E-state index in [2.05, 4.69) is 0 Å². The third kappa shape index (κ3) is 1.85. The SMILES string of the molecule is O=[N+]([O-])c1ccn(-c2ccc(F)cc2)c1. The van der Waals surface area contributed by atoms with E-state index in [1.807, 2.05) is 0 Å². The first-order valence-electron chi connectivity index (χ1n) is 4.25. The van der Waals surface area contributed by atoms with Gasteiger partial charge in [0, 0.05) is 18.0 Å². The summed E-state index contributed by atoms with van der Waals surface area (Å²) in [4.78, 5) is 9.96. The van der Waals surface area contributed by atoms with Gasteiger partial charge in [0.05, 0.1) is 11.1 Å². The van der Waals surface area contributed by atoms with E-state index < -0.39 is 4.92 Å². The van der Waals surface area contributed by atoms with Crippen molar-refractivity contribution in [1.82, 2.24) is 4.57 Å². The van der Waals surface area contributed by atoms with Gasteiger partial charge in [-0.1, -0.05) is 0 Å². The van der Waals surface area contributed by atoms with Crippen LogP contribution in [0.5, 0.6) is 0 Å². The summed E-state index contributed by atoms with van der Waals surface area (Å²) in [5.74, 6) is -0.333. The summed E-state index contributed by atoms with van der Waals surface area (Å²) in [6.45, 7) is 0. The molecule has 5 heteroatoms. The first-order valence-corrected chi connectivity index (χ1v) is 4.25. The van der Waals surface area contributed by atoms with Gasteiger partial charge in [-0.25, -0.2) is 4.39 Å². The van der Waals surface area contributed by atoms with E-state index in [1.54, 1.807) is 22.9 Å². The molecule has 0 spiro atoms. The second kappa shape index (κ2) is 3.53. The van der Waals surface area contributed by atoms with Gasteiger partial charge in [-0.15, -0.1) is 0 Å². The monoisotopic (exact) mass is 206 g/mol. The van der Waals surface area contributed by atoms with E-state index in [-0.39, 0.29) is 11.5 Å². The Morgan fingerprint density at radius 2 is 1.87 bits per heavy atom. The Kier molecular flexibility index (Phi) is 2.21. The molecule has 1 heterocycles. The van der Waals surface area contributed by atoms with E-state index >= 15 is 0 Å². The lowest BCUT2D eigenvalue weighted by Crippen LogP contribution is -1.90. The van der Waals surface area contributed by atoms with Crippen LogP contribution in [0.2, 0.25) is 0 Å². The lowest BCUT2D eigenvalue weighted by molar-refractivity contribution is -0.384. The third-order valence-electron chi connectivity index (χ3n) is 2.01. The fraction of sp³-hybridized carbons (Fsp3) is 0. The molecule has 2 aromatic rings. The van der Waals surface area contributed by atoms with Crippen LogP contribution in [0, 0.1) is 15.9 Å². The van der Waals surface area contributed by atoms with Crippen LogP contribution in [0.3, 0.4) is 0 Å². The van der Waals surface area contributed by atoms with Crippen molar-refractivity contribution in [3.8, 4) is 5.69 Å². The highest BCUT2D eigenvalue weighted by molar-refractivity contribution is 5.37. The number of rotatable bonds is 2. The van der Waals surface area contributed by atoms with Crippen molar-refractivity contribution in [2.24, 2.45) is 0 Å². The molecule has 76 valence electrons. The molecule has 0 bridgehead atoms. The van der Waals surface area contributed by atoms with E-state index in [4.69, 9.17) is 0 Å². The van der Waals surface area contributed by atoms with Gasteiger partial charge in [0.1, 0.15) is 5.82 Å². The van der Waals surface area contributed by atoms with Crippen LogP contribution in [0.25, 0.3) is 5.69 Å². The average molecular weight is 206 g/mol. The summed E-state index contributed by atoms with van der Waals surface area (Å²) in [6, 6.07) is 7.11. The maximum Gasteiger partial charge on any atom is 0.287 e. The molecular formula is C10H7FN2O2. The number of benzene rings is 1. The molecule has 1 aromatic carbocycles. The normalized spacial score (nSPS) is 10.2. The van der Waals surface area contributed by atoms with Crippen LogP contribution in [-0.4, -0.2) is 9.49 Å². The van der Waals surface area contributed by atoms with Crippen LogP contribution in [-0.2, 0) is 0 Å². The zero-order valence-corrected chi connectivity index (χ0v) is 7.63. The van der Waals surface area contributed by atoms with Crippen molar-refractivity contribution in [3.05, 3.63) is 58.7 Å². The fourth-order valence-electron chi connectivity index (χ4n) is 1.27. The lowest BCUT2D eigenvalue weighted by atomic mass is 10.3. The number of hydrogen-bond acceptors (Lipinski definition) is 2. The maximum atomic E-state index is 12.6. The highest BCUT2D eigenvalue weighted by Gasteiger charge is 2.07. The molecule has 2 rings (SSSR count). The molecule has 0 N–H and O–H groups in total. The Morgan fingerprint density at radius 1 is 1.20 bits per heavy atom. The molecular weight excluding hydrogens is 199 g/mol. The molecule has 15 heavy (non-hydrogen) atoms. The van der Waals surface area contributed by atoms with E-state index in [1.165, 1.54) is 24.4 Å². The van der Waals surface area contributed by atoms with E-state index in [0.717, 1.165) is 0 Å². The van der Waals surface area contributed by atoms with Crippen LogP contribution in [0.4, 0.5) is 10.1 Å². The molecule has 1 aromatic heterocycles. The quantitative estimate of drug-likeness (QED) is 0.560. The van der Waals surface area contributed by atoms with Gasteiger partial charge in [-0.2, -0.15) is 0 Å².